The molecule has 4 aromatic rings. The number of nitrogens with zero attached hydrogens (tertiary/aromatic N) is 3. The van der Waals surface area contributed by atoms with Crippen molar-refractivity contribution in [2.24, 2.45) is 0 Å². The van der Waals surface area contributed by atoms with Crippen LogP contribution in [0.5, 0.6) is 0 Å². The van der Waals surface area contributed by atoms with Gasteiger partial charge in [0.25, 0.3) is 11.5 Å². The lowest BCUT2D eigenvalue weighted by molar-refractivity contribution is 0.0605. The summed E-state index contributed by atoms with van der Waals surface area (Å²) in [6.45, 7) is 6.80. The molecule has 3 aromatic carbocycles. The molecule has 1 heterocycles. The van der Waals surface area contributed by atoms with E-state index in [0.29, 0.717) is 35.4 Å². The summed E-state index contributed by atoms with van der Waals surface area (Å²) >= 11 is 0. The molecule has 1 amide bonds. The number of benzene rings is 3. The van der Waals surface area contributed by atoms with Crippen LogP contribution in [0.15, 0.2) is 77.6 Å². The monoisotopic (exact) mass is 497 g/mol. The van der Waals surface area contributed by atoms with Gasteiger partial charge in [-0.1, -0.05) is 55.8 Å². The average molecular weight is 498 g/mol. The van der Waals surface area contributed by atoms with E-state index in [9.17, 15) is 9.59 Å². The van der Waals surface area contributed by atoms with E-state index < -0.39 is 6.04 Å². The first-order valence-corrected chi connectivity index (χ1v) is 12.9. The van der Waals surface area contributed by atoms with Crippen LogP contribution in [-0.2, 0) is 11.2 Å². The van der Waals surface area contributed by atoms with E-state index in [4.69, 9.17) is 9.72 Å². The molecule has 0 aliphatic heterocycles. The van der Waals surface area contributed by atoms with E-state index in [0.717, 1.165) is 30.5 Å². The number of unbranched alkanes of at least 4 members (excludes halogenated alkanes) is 1. The first-order chi connectivity index (χ1) is 18.0. The first kappa shape index (κ1) is 26.3. The van der Waals surface area contributed by atoms with Crippen LogP contribution in [0, 0.1) is 6.92 Å². The van der Waals surface area contributed by atoms with Crippen molar-refractivity contribution in [1.82, 2.24) is 14.5 Å². The Morgan fingerprint density at radius 3 is 2.43 bits per heavy atom. The summed E-state index contributed by atoms with van der Waals surface area (Å²) in [7, 11) is 1.62. The molecule has 0 saturated carbocycles. The minimum Gasteiger partial charge on any atom is -0.383 e. The molecule has 1 aromatic heterocycles. The standard InChI is InChI=1S/C31H35N3O3/c1-5-6-12-24-16-18-25(19-17-24)30(35)33(20-21-37-4)23(3)29-32-27-14-9-8-13-26(27)31(36)34(29)28-15-10-7-11-22(28)2/h7-11,13-19,23H,5-6,12,20-21H2,1-4H3. The van der Waals surface area contributed by atoms with Crippen molar-refractivity contribution < 1.29 is 9.53 Å². The van der Waals surface area contributed by atoms with E-state index in [1.807, 2.05) is 80.6 Å². The third kappa shape index (κ3) is 5.65. The molecule has 1 unspecified atom stereocenters. The van der Waals surface area contributed by atoms with E-state index >= 15 is 0 Å². The van der Waals surface area contributed by atoms with Crippen LogP contribution in [0.3, 0.4) is 0 Å². The molecule has 1 atom stereocenters. The Bertz CT molecular complexity index is 1430. The van der Waals surface area contributed by atoms with Crippen LogP contribution in [0.4, 0.5) is 0 Å². The number of aryl methyl sites for hydroxylation is 2. The van der Waals surface area contributed by atoms with Crippen molar-refractivity contribution in [3.63, 3.8) is 0 Å². The predicted octanol–water partition coefficient (Wildman–Crippen LogP) is 5.89. The van der Waals surface area contributed by atoms with Gasteiger partial charge < -0.3 is 9.64 Å². The number of hydrogen-bond acceptors (Lipinski definition) is 4. The number of carbonyl (C=O) groups is 1. The van der Waals surface area contributed by atoms with Crippen molar-refractivity contribution in [2.75, 3.05) is 20.3 Å². The molecule has 0 N–H and O–H groups in total. The minimum absolute atomic E-state index is 0.120. The van der Waals surface area contributed by atoms with Gasteiger partial charge in [0.05, 0.1) is 29.2 Å². The molecule has 0 spiro atoms. The van der Waals surface area contributed by atoms with Gasteiger partial charge in [0.2, 0.25) is 0 Å². The van der Waals surface area contributed by atoms with Crippen molar-refractivity contribution in [2.45, 2.75) is 46.1 Å². The van der Waals surface area contributed by atoms with Crippen LogP contribution in [0.2, 0.25) is 0 Å². The van der Waals surface area contributed by atoms with Crippen molar-refractivity contribution >= 4 is 16.8 Å². The largest absolute Gasteiger partial charge is 0.383 e. The summed E-state index contributed by atoms with van der Waals surface area (Å²) < 4.78 is 7.01. The highest BCUT2D eigenvalue weighted by molar-refractivity contribution is 5.94. The normalized spacial score (nSPS) is 12.0. The lowest BCUT2D eigenvalue weighted by atomic mass is 10.0. The van der Waals surface area contributed by atoms with Gasteiger partial charge in [-0.25, -0.2) is 4.98 Å². The highest BCUT2D eigenvalue weighted by atomic mass is 16.5. The topological polar surface area (TPSA) is 64.4 Å². The Balaban J connectivity index is 1.82. The molecule has 0 fully saturated rings. The Kier molecular flexibility index (Phi) is 8.51. The fourth-order valence-corrected chi connectivity index (χ4v) is 4.64. The minimum atomic E-state index is -0.487. The Morgan fingerprint density at radius 1 is 1.03 bits per heavy atom. The average Bonchev–Trinajstić information content (AvgIpc) is 2.92. The molecule has 0 aliphatic carbocycles. The van der Waals surface area contributed by atoms with Crippen molar-refractivity contribution in [1.29, 1.82) is 0 Å². The van der Waals surface area contributed by atoms with E-state index in [2.05, 4.69) is 6.92 Å². The maximum Gasteiger partial charge on any atom is 0.266 e. The van der Waals surface area contributed by atoms with Crippen molar-refractivity contribution in [3.05, 3.63) is 106 Å². The fraction of sp³-hybridized carbons (Fsp3) is 0.323. The summed E-state index contributed by atoms with van der Waals surface area (Å²) in [6.07, 6.45) is 3.25. The smallest absolute Gasteiger partial charge is 0.266 e. The van der Waals surface area contributed by atoms with Crippen LogP contribution in [0.25, 0.3) is 16.6 Å². The number of ether oxygens (including phenoxy) is 1. The summed E-state index contributed by atoms with van der Waals surface area (Å²) in [4.78, 5) is 34.3. The quantitative estimate of drug-likeness (QED) is 0.274. The number of methoxy groups -OCH3 is 1. The SMILES string of the molecule is CCCCc1ccc(C(=O)N(CCOC)C(C)c2nc3ccccc3c(=O)n2-c2ccccc2C)cc1. The summed E-state index contributed by atoms with van der Waals surface area (Å²) in [6, 6.07) is 22.4. The second-order valence-corrected chi connectivity index (χ2v) is 9.38. The van der Waals surface area contributed by atoms with E-state index in [-0.39, 0.29) is 11.5 Å². The second kappa shape index (κ2) is 12.0. The van der Waals surface area contributed by atoms with Crippen LogP contribution in [-0.4, -0.2) is 40.6 Å². The molecule has 37 heavy (non-hydrogen) atoms. The zero-order valence-corrected chi connectivity index (χ0v) is 22.1. The van der Waals surface area contributed by atoms with Gasteiger partial charge in [0.15, 0.2) is 0 Å². The summed E-state index contributed by atoms with van der Waals surface area (Å²) in [5.41, 5.74) is 3.99. The Morgan fingerprint density at radius 2 is 1.73 bits per heavy atom. The molecular formula is C31H35N3O3. The zero-order valence-electron chi connectivity index (χ0n) is 22.1. The second-order valence-electron chi connectivity index (χ2n) is 9.38. The number of hydrogen-bond donors (Lipinski definition) is 0. The first-order valence-electron chi connectivity index (χ1n) is 12.9. The number of para-hydroxylation sites is 2. The lowest BCUT2D eigenvalue weighted by Gasteiger charge is -2.31. The molecule has 0 aliphatic rings. The number of carbonyl (C=O) groups excluding carboxylic acids is 1. The van der Waals surface area contributed by atoms with Gasteiger partial charge in [-0.15, -0.1) is 0 Å². The van der Waals surface area contributed by atoms with E-state index in [1.165, 1.54) is 5.56 Å². The van der Waals surface area contributed by atoms with Crippen LogP contribution >= 0.6 is 0 Å². The van der Waals surface area contributed by atoms with Gasteiger partial charge in [-0.3, -0.25) is 14.2 Å². The van der Waals surface area contributed by atoms with Gasteiger partial charge in [-0.05, 0) is 68.1 Å². The number of amides is 1. The third-order valence-corrected chi connectivity index (χ3v) is 6.82. The summed E-state index contributed by atoms with van der Waals surface area (Å²) in [5, 5.41) is 0.541. The highest BCUT2D eigenvalue weighted by Crippen LogP contribution is 2.26. The van der Waals surface area contributed by atoms with Crippen LogP contribution < -0.4 is 5.56 Å². The van der Waals surface area contributed by atoms with Crippen LogP contribution in [0.1, 0.15) is 60.0 Å². The van der Waals surface area contributed by atoms with Crippen molar-refractivity contribution in [3.8, 4) is 5.69 Å². The highest BCUT2D eigenvalue weighted by Gasteiger charge is 2.28. The summed E-state index contributed by atoms with van der Waals surface area (Å²) in [5.74, 6) is 0.396. The lowest BCUT2D eigenvalue weighted by Crippen LogP contribution is -2.39. The molecule has 192 valence electrons. The molecule has 0 saturated heterocycles. The predicted molar refractivity (Wildman–Crippen MR) is 148 cm³/mol. The Labute approximate surface area is 218 Å². The maximum atomic E-state index is 13.8. The third-order valence-electron chi connectivity index (χ3n) is 6.82. The van der Waals surface area contributed by atoms with Gasteiger partial charge in [0.1, 0.15) is 5.82 Å². The number of rotatable bonds is 10. The molecule has 0 bridgehead atoms. The van der Waals surface area contributed by atoms with E-state index in [1.54, 1.807) is 22.6 Å². The Hall–Kier alpha value is -3.77. The number of aromatic nitrogens is 2. The van der Waals surface area contributed by atoms with Gasteiger partial charge in [-0.2, -0.15) is 0 Å². The van der Waals surface area contributed by atoms with Gasteiger partial charge in [0, 0.05) is 19.2 Å². The molecular weight excluding hydrogens is 462 g/mol. The zero-order chi connectivity index (χ0) is 26.4. The number of fused-ring (bicyclic) bond motifs is 1. The van der Waals surface area contributed by atoms with Gasteiger partial charge >= 0.3 is 0 Å². The molecule has 6 heteroatoms. The maximum absolute atomic E-state index is 13.8. The molecule has 0 radical (unpaired) electrons. The molecule has 4 rings (SSSR count). The fourth-order valence-electron chi connectivity index (χ4n) is 4.64. The molecule has 6 nitrogen and oxygen atoms in total.